The normalized spacial score (nSPS) is 15.0. The number of aromatic nitrogens is 1. The van der Waals surface area contributed by atoms with Crippen molar-refractivity contribution in [1.82, 2.24) is 9.88 Å². The maximum Gasteiger partial charge on any atom is 0.236 e. The molecule has 0 saturated carbocycles. The van der Waals surface area contributed by atoms with Gasteiger partial charge >= 0.3 is 0 Å². The van der Waals surface area contributed by atoms with E-state index < -0.39 is 0 Å². The second kappa shape index (κ2) is 5.80. The van der Waals surface area contributed by atoms with E-state index in [2.05, 4.69) is 16.0 Å². The van der Waals surface area contributed by atoms with E-state index in [0.29, 0.717) is 13.1 Å². The highest BCUT2D eigenvalue weighted by molar-refractivity contribution is 5.91. The van der Waals surface area contributed by atoms with Crippen molar-refractivity contribution < 1.29 is 4.79 Å². The van der Waals surface area contributed by atoms with Crippen LogP contribution in [0.4, 0.5) is 5.69 Å². The van der Waals surface area contributed by atoms with Crippen LogP contribution in [0, 0.1) is 11.3 Å². The van der Waals surface area contributed by atoms with Gasteiger partial charge in [-0.25, -0.2) is 0 Å². The van der Waals surface area contributed by atoms with Crippen LogP contribution >= 0.6 is 0 Å². The number of pyridine rings is 1. The lowest BCUT2D eigenvalue weighted by molar-refractivity contribution is -0.130. The molecular weight excluding hydrogens is 264 g/mol. The first-order valence-electron chi connectivity index (χ1n) is 7.03. The van der Waals surface area contributed by atoms with Crippen molar-refractivity contribution in [2.75, 3.05) is 31.1 Å². The fourth-order valence-electron chi connectivity index (χ4n) is 2.73. The largest absolute Gasteiger partial charge is 0.367 e. The summed E-state index contributed by atoms with van der Waals surface area (Å²) in [6.45, 7) is 2.89. The summed E-state index contributed by atoms with van der Waals surface area (Å²) in [6.07, 6.45) is 1.79. The fourth-order valence-corrected chi connectivity index (χ4v) is 2.73. The molecule has 0 aliphatic carbocycles. The lowest BCUT2D eigenvalue weighted by Crippen LogP contribution is -2.48. The molecule has 0 spiro atoms. The zero-order valence-electron chi connectivity index (χ0n) is 11.7. The standard InChI is InChI=1S/C16H16N4O/c17-7-5-16(21)20-11-9-19(10-12-20)15-6-8-18-14-4-2-1-3-13(14)15/h1-4,6,8H,5,9-12H2. The third-order valence-corrected chi connectivity index (χ3v) is 3.83. The molecule has 1 saturated heterocycles. The highest BCUT2D eigenvalue weighted by Gasteiger charge is 2.21. The Kier molecular flexibility index (Phi) is 3.69. The Hall–Kier alpha value is -2.61. The molecule has 0 bridgehead atoms. The summed E-state index contributed by atoms with van der Waals surface area (Å²) >= 11 is 0. The number of piperazine rings is 1. The molecule has 1 amide bonds. The molecule has 1 aliphatic heterocycles. The second-order valence-corrected chi connectivity index (χ2v) is 5.05. The van der Waals surface area contributed by atoms with Crippen molar-refractivity contribution in [1.29, 1.82) is 5.26 Å². The molecule has 1 aliphatic rings. The number of carbonyl (C=O) groups excluding carboxylic acids is 1. The van der Waals surface area contributed by atoms with E-state index >= 15 is 0 Å². The van der Waals surface area contributed by atoms with Crippen molar-refractivity contribution in [3.05, 3.63) is 36.5 Å². The number of fused-ring (bicyclic) bond motifs is 1. The Morgan fingerprint density at radius 2 is 1.95 bits per heavy atom. The molecule has 5 heteroatoms. The average molecular weight is 280 g/mol. The highest BCUT2D eigenvalue weighted by Crippen LogP contribution is 2.25. The number of anilines is 1. The maximum atomic E-state index is 11.7. The van der Waals surface area contributed by atoms with E-state index in [1.807, 2.05) is 36.5 Å². The fraction of sp³-hybridized carbons (Fsp3) is 0.312. The topological polar surface area (TPSA) is 60.2 Å². The molecule has 0 atom stereocenters. The second-order valence-electron chi connectivity index (χ2n) is 5.05. The molecule has 1 aromatic carbocycles. The Labute approximate surface area is 123 Å². The number of carbonyl (C=O) groups is 1. The van der Waals surface area contributed by atoms with Crippen LogP contribution in [0.2, 0.25) is 0 Å². The Bertz CT molecular complexity index is 693. The van der Waals surface area contributed by atoms with E-state index in [4.69, 9.17) is 5.26 Å². The molecule has 5 nitrogen and oxygen atoms in total. The molecule has 0 radical (unpaired) electrons. The van der Waals surface area contributed by atoms with Crippen molar-refractivity contribution >= 4 is 22.5 Å². The van der Waals surface area contributed by atoms with Gasteiger partial charge in [0, 0.05) is 43.4 Å². The van der Waals surface area contributed by atoms with Crippen LogP contribution in [0.5, 0.6) is 0 Å². The number of hydrogen-bond acceptors (Lipinski definition) is 4. The monoisotopic (exact) mass is 280 g/mol. The summed E-state index contributed by atoms with van der Waals surface area (Å²) in [6, 6.07) is 12.0. The maximum absolute atomic E-state index is 11.7. The van der Waals surface area contributed by atoms with Gasteiger partial charge in [-0.1, -0.05) is 18.2 Å². The van der Waals surface area contributed by atoms with Gasteiger partial charge in [-0.15, -0.1) is 0 Å². The van der Waals surface area contributed by atoms with Gasteiger partial charge in [0.2, 0.25) is 5.91 Å². The summed E-state index contributed by atoms with van der Waals surface area (Å²) in [7, 11) is 0. The predicted octanol–water partition coefficient (Wildman–Crippen LogP) is 1.80. The van der Waals surface area contributed by atoms with Gasteiger partial charge in [0.1, 0.15) is 6.42 Å². The van der Waals surface area contributed by atoms with Gasteiger partial charge in [-0.05, 0) is 12.1 Å². The first-order chi connectivity index (χ1) is 10.3. The number of nitrogens with zero attached hydrogens (tertiary/aromatic N) is 4. The van der Waals surface area contributed by atoms with E-state index in [1.165, 1.54) is 0 Å². The molecule has 0 unspecified atom stereocenters. The van der Waals surface area contributed by atoms with E-state index in [-0.39, 0.29) is 12.3 Å². The average Bonchev–Trinajstić information content (AvgIpc) is 2.55. The summed E-state index contributed by atoms with van der Waals surface area (Å²) in [5.41, 5.74) is 2.14. The van der Waals surface area contributed by atoms with Crippen LogP contribution in [-0.2, 0) is 4.79 Å². The summed E-state index contributed by atoms with van der Waals surface area (Å²) in [4.78, 5) is 20.2. The lowest BCUT2D eigenvalue weighted by atomic mass is 10.1. The minimum atomic E-state index is -0.0725. The summed E-state index contributed by atoms with van der Waals surface area (Å²) < 4.78 is 0. The SMILES string of the molecule is N#CCC(=O)N1CCN(c2ccnc3ccccc23)CC1. The number of para-hydroxylation sites is 1. The zero-order valence-corrected chi connectivity index (χ0v) is 11.7. The van der Waals surface area contributed by atoms with Crippen LogP contribution in [0.1, 0.15) is 6.42 Å². The molecule has 1 aromatic heterocycles. The minimum absolute atomic E-state index is 0.0296. The van der Waals surface area contributed by atoms with Crippen molar-refractivity contribution in [2.45, 2.75) is 6.42 Å². The van der Waals surface area contributed by atoms with E-state index in [9.17, 15) is 4.79 Å². The molecule has 1 fully saturated rings. The number of benzene rings is 1. The number of nitriles is 1. The number of amides is 1. The quantitative estimate of drug-likeness (QED) is 0.841. The van der Waals surface area contributed by atoms with Crippen LogP contribution < -0.4 is 4.90 Å². The van der Waals surface area contributed by atoms with Gasteiger partial charge in [-0.3, -0.25) is 9.78 Å². The molecule has 21 heavy (non-hydrogen) atoms. The van der Waals surface area contributed by atoms with Gasteiger partial charge in [0.05, 0.1) is 11.6 Å². The number of hydrogen-bond donors (Lipinski definition) is 0. The summed E-state index contributed by atoms with van der Waals surface area (Å²) in [5.74, 6) is -0.0725. The Morgan fingerprint density at radius 1 is 1.19 bits per heavy atom. The van der Waals surface area contributed by atoms with E-state index in [1.54, 1.807) is 4.90 Å². The van der Waals surface area contributed by atoms with E-state index in [0.717, 1.165) is 29.7 Å². The first kappa shape index (κ1) is 13.4. The van der Waals surface area contributed by atoms with Crippen molar-refractivity contribution in [3.63, 3.8) is 0 Å². The zero-order chi connectivity index (χ0) is 14.7. The molecule has 106 valence electrons. The van der Waals surface area contributed by atoms with Gasteiger partial charge in [0.25, 0.3) is 0 Å². The van der Waals surface area contributed by atoms with Gasteiger partial charge in [0.15, 0.2) is 0 Å². The third kappa shape index (κ3) is 2.65. The van der Waals surface area contributed by atoms with Crippen LogP contribution in [0.25, 0.3) is 10.9 Å². The van der Waals surface area contributed by atoms with Crippen molar-refractivity contribution in [3.8, 4) is 6.07 Å². The van der Waals surface area contributed by atoms with Crippen LogP contribution in [-0.4, -0.2) is 42.0 Å². The molecule has 0 N–H and O–H groups in total. The lowest BCUT2D eigenvalue weighted by Gasteiger charge is -2.36. The smallest absolute Gasteiger partial charge is 0.236 e. The summed E-state index contributed by atoms with van der Waals surface area (Å²) in [5, 5.41) is 9.74. The predicted molar refractivity (Wildman–Crippen MR) is 80.8 cm³/mol. The highest BCUT2D eigenvalue weighted by atomic mass is 16.2. The van der Waals surface area contributed by atoms with Crippen LogP contribution in [0.3, 0.4) is 0 Å². The Morgan fingerprint density at radius 3 is 2.71 bits per heavy atom. The van der Waals surface area contributed by atoms with Gasteiger partial charge < -0.3 is 9.80 Å². The minimum Gasteiger partial charge on any atom is -0.367 e. The molecule has 2 heterocycles. The van der Waals surface area contributed by atoms with Crippen LogP contribution in [0.15, 0.2) is 36.5 Å². The molecular formula is C16H16N4O. The molecule has 2 aromatic rings. The first-order valence-corrected chi connectivity index (χ1v) is 7.03. The number of rotatable bonds is 2. The van der Waals surface area contributed by atoms with Gasteiger partial charge in [-0.2, -0.15) is 5.26 Å². The van der Waals surface area contributed by atoms with Crippen molar-refractivity contribution in [2.24, 2.45) is 0 Å². The molecule has 3 rings (SSSR count). The third-order valence-electron chi connectivity index (χ3n) is 3.83. The Balaban J connectivity index is 1.77.